The van der Waals surface area contributed by atoms with Gasteiger partial charge in [-0.15, -0.1) is 22.6 Å². The van der Waals surface area contributed by atoms with Gasteiger partial charge in [-0.2, -0.15) is 0 Å². The van der Waals surface area contributed by atoms with E-state index in [2.05, 4.69) is 50.9 Å². The molecular weight excluding hydrogens is 298 g/mol. The van der Waals surface area contributed by atoms with Crippen LogP contribution in [0.25, 0.3) is 0 Å². The molecule has 1 fully saturated rings. The number of hydrogen-bond donors (Lipinski definition) is 1. The maximum atomic E-state index is 6.35. The van der Waals surface area contributed by atoms with E-state index in [9.17, 15) is 0 Å². The summed E-state index contributed by atoms with van der Waals surface area (Å²) in [5.74, 6) is 2.43. The van der Waals surface area contributed by atoms with E-state index >= 15 is 0 Å². The fourth-order valence-electron chi connectivity index (χ4n) is 3.25. The van der Waals surface area contributed by atoms with Gasteiger partial charge in [-0.05, 0) is 19.4 Å². The van der Waals surface area contributed by atoms with Gasteiger partial charge in [0.2, 0.25) is 0 Å². The molecule has 3 rings (SSSR count). The Morgan fingerprint density at radius 3 is 2.59 bits per heavy atom. The molecular formula is C16H24ClN5. The normalized spacial score (nSPS) is 21.8. The van der Waals surface area contributed by atoms with Crippen LogP contribution in [0.2, 0.25) is 0 Å². The minimum Gasteiger partial charge on any atom is -0.326 e. The van der Waals surface area contributed by atoms with Crippen LogP contribution in [0, 0.1) is 6.92 Å². The van der Waals surface area contributed by atoms with Crippen LogP contribution in [0.15, 0.2) is 30.3 Å². The van der Waals surface area contributed by atoms with E-state index in [4.69, 9.17) is 5.73 Å². The van der Waals surface area contributed by atoms with Gasteiger partial charge in [0.05, 0.1) is 6.54 Å². The van der Waals surface area contributed by atoms with E-state index in [1.54, 1.807) is 0 Å². The second-order valence-corrected chi connectivity index (χ2v) is 5.78. The summed E-state index contributed by atoms with van der Waals surface area (Å²) in [4.78, 5) is 2.39. The number of rotatable bonds is 4. The third-order valence-electron chi connectivity index (χ3n) is 4.36. The summed E-state index contributed by atoms with van der Waals surface area (Å²) in [5.41, 5.74) is 7.68. The molecule has 1 aromatic heterocycles. The van der Waals surface area contributed by atoms with Crippen LogP contribution in [0.4, 0.5) is 0 Å². The number of aromatic nitrogens is 3. The maximum absolute atomic E-state index is 6.35. The van der Waals surface area contributed by atoms with Crippen LogP contribution in [0.3, 0.4) is 0 Å². The minimum atomic E-state index is 0. The average molecular weight is 322 g/mol. The number of nitrogens with zero attached hydrogens (tertiary/aromatic N) is 4. The summed E-state index contributed by atoms with van der Waals surface area (Å²) in [7, 11) is 0. The van der Waals surface area contributed by atoms with Gasteiger partial charge in [0.25, 0.3) is 0 Å². The summed E-state index contributed by atoms with van der Waals surface area (Å²) in [6, 6.07) is 10.8. The molecule has 1 aliphatic rings. The van der Waals surface area contributed by atoms with Crippen LogP contribution in [0.1, 0.15) is 30.1 Å². The first-order valence-electron chi connectivity index (χ1n) is 7.60. The molecule has 2 atom stereocenters. The van der Waals surface area contributed by atoms with Gasteiger partial charge >= 0.3 is 0 Å². The number of benzene rings is 1. The van der Waals surface area contributed by atoms with Crippen LogP contribution in [0.5, 0.6) is 0 Å². The van der Waals surface area contributed by atoms with Crippen molar-refractivity contribution in [2.75, 3.05) is 13.1 Å². The Morgan fingerprint density at radius 2 is 1.91 bits per heavy atom. The summed E-state index contributed by atoms with van der Waals surface area (Å²) in [6.07, 6.45) is 0. The van der Waals surface area contributed by atoms with Crippen molar-refractivity contribution in [3.05, 3.63) is 47.5 Å². The molecule has 1 aromatic carbocycles. The van der Waals surface area contributed by atoms with Gasteiger partial charge in [0.1, 0.15) is 11.6 Å². The summed E-state index contributed by atoms with van der Waals surface area (Å²) < 4.78 is 2.17. The zero-order chi connectivity index (χ0) is 14.8. The van der Waals surface area contributed by atoms with Crippen molar-refractivity contribution < 1.29 is 0 Å². The maximum Gasteiger partial charge on any atom is 0.147 e. The molecule has 0 aliphatic carbocycles. The second-order valence-electron chi connectivity index (χ2n) is 5.78. The Morgan fingerprint density at radius 1 is 1.18 bits per heavy atom. The highest BCUT2D eigenvalue weighted by Crippen LogP contribution is 2.27. The Balaban J connectivity index is 0.00000176. The van der Waals surface area contributed by atoms with Crippen molar-refractivity contribution in [2.24, 2.45) is 5.73 Å². The summed E-state index contributed by atoms with van der Waals surface area (Å²) in [6.45, 7) is 7.77. The third-order valence-corrected chi connectivity index (χ3v) is 4.36. The molecule has 2 heterocycles. The average Bonchev–Trinajstić information content (AvgIpc) is 3.03. The number of halogens is 1. The number of likely N-dealkylation sites (tertiary alicyclic amines) is 1. The zero-order valence-electron chi connectivity index (χ0n) is 13.1. The van der Waals surface area contributed by atoms with Crippen LogP contribution >= 0.6 is 12.4 Å². The highest BCUT2D eigenvalue weighted by atomic mass is 35.5. The van der Waals surface area contributed by atoms with Crippen LogP contribution < -0.4 is 5.73 Å². The van der Waals surface area contributed by atoms with Gasteiger partial charge in [-0.25, -0.2) is 0 Å². The Labute approximate surface area is 137 Å². The van der Waals surface area contributed by atoms with Crippen molar-refractivity contribution in [3.63, 3.8) is 0 Å². The molecule has 0 radical (unpaired) electrons. The predicted molar refractivity (Wildman–Crippen MR) is 90.1 cm³/mol. The van der Waals surface area contributed by atoms with Crippen LogP contribution in [-0.2, 0) is 13.1 Å². The third kappa shape index (κ3) is 3.32. The van der Waals surface area contributed by atoms with Gasteiger partial charge in [0.15, 0.2) is 0 Å². The number of aryl methyl sites for hydroxylation is 1. The van der Waals surface area contributed by atoms with Gasteiger partial charge in [-0.1, -0.05) is 30.3 Å². The SMILES string of the molecule is CCn1c(C)nnc1CN1C[C@@H](N)[C@H](c2ccccc2)C1.Cl. The smallest absolute Gasteiger partial charge is 0.147 e. The Kier molecular flexibility index (Phi) is 5.56. The lowest BCUT2D eigenvalue weighted by atomic mass is 9.95. The molecule has 22 heavy (non-hydrogen) atoms. The molecule has 2 aromatic rings. The number of hydrogen-bond acceptors (Lipinski definition) is 4. The first-order chi connectivity index (χ1) is 10.2. The van der Waals surface area contributed by atoms with Gasteiger partial charge in [-0.3, -0.25) is 4.90 Å². The lowest BCUT2D eigenvalue weighted by Crippen LogP contribution is -2.29. The first kappa shape index (κ1) is 16.9. The van der Waals surface area contributed by atoms with Gasteiger partial charge < -0.3 is 10.3 Å². The van der Waals surface area contributed by atoms with E-state index < -0.39 is 0 Å². The molecule has 6 heteroatoms. The summed E-state index contributed by atoms with van der Waals surface area (Å²) in [5, 5.41) is 8.48. The highest BCUT2D eigenvalue weighted by Gasteiger charge is 2.31. The topological polar surface area (TPSA) is 60.0 Å². The lowest BCUT2D eigenvalue weighted by Gasteiger charge is -2.16. The van der Waals surface area contributed by atoms with Crippen LogP contribution in [-0.4, -0.2) is 38.8 Å². The lowest BCUT2D eigenvalue weighted by molar-refractivity contribution is 0.309. The molecule has 120 valence electrons. The van der Waals surface area contributed by atoms with Crippen molar-refractivity contribution in [2.45, 2.75) is 38.9 Å². The largest absolute Gasteiger partial charge is 0.326 e. The van der Waals surface area contributed by atoms with E-state index in [0.717, 1.165) is 37.8 Å². The first-order valence-corrected chi connectivity index (χ1v) is 7.60. The zero-order valence-corrected chi connectivity index (χ0v) is 14.0. The molecule has 2 N–H and O–H groups in total. The van der Waals surface area contributed by atoms with E-state index in [1.165, 1.54) is 5.56 Å². The monoisotopic (exact) mass is 321 g/mol. The Bertz CT molecular complexity index is 598. The van der Waals surface area contributed by atoms with Gasteiger partial charge in [0, 0.05) is 31.6 Å². The molecule has 0 amide bonds. The minimum absolute atomic E-state index is 0. The second kappa shape index (κ2) is 7.22. The van der Waals surface area contributed by atoms with E-state index in [-0.39, 0.29) is 18.4 Å². The quantitative estimate of drug-likeness (QED) is 0.935. The van der Waals surface area contributed by atoms with Crippen molar-refractivity contribution in [1.29, 1.82) is 0 Å². The Hall–Kier alpha value is -1.43. The molecule has 0 bridgehead atoms. The van der Waals surface area contributed by atoms with E-state index in [1.807, 2.05) is 13.0 Å². The summed E-state index contributed by atoms with van der Waals surface area (Å²) >= 11 is 0. The fourth-order valence-corrected chi connectivity index (χ4v) is 3.25. The van der Waals surface area contributed by atoms with Crippen molar-refractivity contribution >= 4 is 12.4 Å². The standard InChI is InChI=1S/C16H23N5.ClH/c1-3-21-12(2)18-19-16(21)11-20-9-14(15(17)10-20)13-7-5-4-6-8-13;/h4-8,14-15H,3,9-11,17H2,1-2H3;1H/t14-,15+;/m0./s1. The molecule has 0 spiro atoms. The molecule has 1 aliphatic heterocycles. The molecule has 5 nitrogen and oxygen atoms in total. The molecule has 1 saturated heterocycles. The molecule has 0 unspecified atom stereocenters. The van der Waals surface area contributed by atoms with Crippen molar-refractivity contribution in [3.8, 4) is 0 Å². The van der Waals surface area contributed by atoms with E-state index in [0.29, 0.717) is 5.92 Å². The predicted octanol–water partition coefficient (Wildman–Crippen LogP) is 1.95. The van der Waals surface area contributed by atoms with Crippen molar-refractivity contribution in [1.82, 2.24) is 19.7 Å². The number of nitrogens with two attached hydrogens (primary N) is 1. The molecule has 0 saturated carbocycles. The highest BCUT2D eigenvalue weighted by molar-refractivity contribution is 5.85. The fraction of sp³-hybridized carbons (Fsp3) is 0.500.